The second-order valence-electron chi connectivity index (χ2n) is 13.4. The van der Waals surface area contributed by atoms with Crippen molar-refractivity contribution in [2.75, 3.05) is 5.32 Å². The third-order valence-corrected chi connectivity index (χ3v) is 7.08. The van der Waals surface area contributed by atoms with Crippen LogP contribution in [0, 0.1) is 0 Å². The Morgan fingerprint density at radius 3 is 2.34 bits per heavy atom. The zero-order chi connectivity index (χ0) is 34.7. The van der Waals surface area contributed by atoms with Crippen molar-refractivity contribution in [3.63, 3.8) is 0 Å². The third-order valence-electron chi connectivity index (χ3n) is 6.32. The van der Waals surface area contributed by atoms with E-state index < -0.39 is 52.8 Å². The summed E-state index contributed by atoms with van der Waals surface area (Å²) in [7, 11) is 1.91. The van der Waals surface area contributed by atoms with Crippen LogP contribution in [0.4, 0.5) is 9.93 Å². The van der Waals surface area contributed by atoms with Crippen LogP contribution in [0.15, 0.2) is 41.3 Å². The number of aryl methyl sites for hydroxylation is 1. The van der Waals surface area contributed by atoms with E-state index in [4.69, 9.17) is 14.3 Å². The molecule has 0 radical (unpaired) electrons. The van der Waals surface area contributed by atoms with Crippen LogP contribution in [0.3, 0.4) is 0 Å². The van der Waals surface area contributed by atoms with Gasteiger partial charge in [-0.2, -0.15) is 0 Å². The number of rotatable bonds is 10. The number of carbonyl (C=O) groups excluding carboxylic acids is 4. The van der Waals surface area contributed by atoms with Crippen LogP contribution in [-0.2, 0) is 42.3 Å². The number of carbonyl (C=O) groups is 4. The van der Waals surface area contributed by atoms with Crippen LogP contribution < -0.4 is 20.5 Å². The number of nitrogens with zero attached hydrogens (tertiary/aromatic N) is 6. The second-order valence-corrected chi connectivity index (χ2v) is 14.2. The van der Waals surface area contributed by atoms with Gasteiger partial charge in [0.1, 0.15) is 35.7 Å². The minimum absolute atomic E-state index is 0.0204. The molecule has 0 aromatic carbocycles. The van der Waals surface area contributed by atoms with Gasteiger partial charge in [-0.25, -0.2) is 23.8 Å². The van der Waals surface area contributed by atoms with Crippen LogP contribution in [0.1, 0.15) is 61.1 Å². The molecule has 0 unspecified atom stereocenters. The van der Waals surface area contributed by atoms with Gasteiger partial charge in [-0.1, -0.05) is 10.4 Å². The molecule has 1 aliphatic rings. The minimum atomic E-state index is -1.59. The quantitative estimate of drug-likeness (QED) is 0.0946. The summed E-state index contributed by atoms with van der Waals surface area (Å²) >= 11 is 1.01. The molecule has 0 bridgehead atoms. The standard InChI is InChI=1S/C30H39N9O7S/c1-28(2,3)44-25(42)30(7,8)46-36-22(20-16-47-26(32-20)34-27(43)45-29(4,5)6)24(41)33-21-19(31-23(21)40)15-39-14-18(35-37-39)17-10-12-38(9)13-11-17/h10-14,16,19,21H,15H2,1-9H3,(H2-,31,32,33,34,40,41,43)/p+1/b36-22-/t19-,21+/m1/s1. The van der Waals surface area contributed by atoms with Gasteiger partial charge in [-0.05, 0) is 55.4 Å². The van der Waals surface area contributed by atoms with E-state index >= 15 is 0 Å². The SMILES string of the molecule is C[n+]1ccc(-c2cn(C[C@H]3NC(=O)[C@H]3NC(=O)/C(=N\OC(C)(C)C(=O)OC(C)(C)C)c3csc(NC(=O)OC(C)(C)C)n3)nn2)cc1. The summed E-state index contributed by atoms with van der Waals surface area (Å²) in [4.78, 5) is 61.1. The van der Waals surface area contributed by atoms with Crippen molar-refractivity contribution >= 4 is 46.1 Å². The number of hydrogen-bond donors (Lipinski definition) is 3. The molecule has 3 N–H and O–H groups in total. The van der Waals surface area contributed by atoms with Crippen molar-refractivity contribution in [3.05, 3.63) is 41.8 Å². The lowest BCUT2D eigenvalue weighted by atomic mass is 9.98. The number of pyridine rings is 1. The molecular weight excluding hydrogens is 630 g/mol. The topological polar surface area (TPSA) is 192 Å². The van der Waals surface area contributed by atoms with Crippen molar-refractivity contribution < 1.29 is 38.1 Å². The van der Waals surface area contributed by atoms with Gasteiger partial charge < -0.3 is 24.9 Å². The van der Waals surface area contributed by atoms with Crippen molar-refractivity contribution in [1.82, 2.24) is 30.6 Å². The number of amides is 3. The van der Waals surface area contributed by atoms with E-state index in [1.165, 1.54) is 19.2 Å². The Morgan fingerprint density at radius 2 is 1.72 bits per heavy atom. The first kappa shape index (κ1) is 34.9. The maximum absolute atomic E-state index is 13.6. The van der Waals surface area contributed by atoms with Crippen LogP contribution in [-0.4, -0.2) is 78.5 Å². The smallest absolute Gasteiger partial charge is 0.413 e. The normalized spacial score (nSPS) is 16.9. The molecule has 4 rings (SSSR count). The van der Waals surface area contributed by atoms with Crippen molar-refractivity contribution in [2.45, 2.75) is 90.8 Å². The van der Waals surface area contributed by atoms with Crippen molar-refractivity contribution in [1.29, 1.82) is 0 Å². The highest BCUT2D eigenvalue weighted by atomic mass is 32.1. The Morgan fingerprint density at radius 1 is 1.06 bits per heavy atom. The lowest BCUT2D eigenvalue weighted by Gasteiger charge is -2.36. The molecule has 47 heavy (non-hydrogen) atoms. The second kappa shape index (κ2) is 13.4. The summed E-state index contributed by atoms with van der Waals surface area (Å²) in [6, 6.07) is 2.34. The number of esters is 1. The highest BCUT2D eigenvalue weighted by Crippen LogP contribution is 2.22. The molecule has 17 heteroatoms. The first-order valence-electron chi connectivity index (χ1n) is 14.7. The Balaban J connectivity index is 1.52. The summed E-state index contributed by atoms with van der Waals surface area (Å²) < 4.78 is 14.2. The van der Waals surface area contributed by atoms with E-state index in [1.807, 2.05) is 36.1 Å². The first-order chi connectivity index (χ1) is 21.8. The van der Waals surface area contributed by atoms with E-state index in [2.05, 4.69) is 36.4 Å². The Hall–Kier alpha value is -4.93. The predicted molar refractivity (Wildman–Crippen MR) is 170 cm³/mol. The van der Waals surface area contributed by atoms with Crippen LogP contribution in [0.5, 0.6) is 0 Å². The summed E-state index contributed by atoms with van der Waals surface area (Å²) in [5.41, 5.74) is -1.93. The number of β-lactam (4-membered cyclic amide) rings is 1. The van der Waals surface area contributed by atoms with Crippen LogP contribution in [0.2, 0.25) is 0 Å². The number of thiazole rings is 1. The van der Waals surface area contributed by atoms with E-state index in [9.17, 15) is 19.2 Å². The molecule has 2 atom stereocenters. The molecule has 0 saturated carbocycles. The predicted octanol–water partition coefficient (Wildman–Crippen LogP) is 2.10. The Kier molecular flexibility index (Phi) is 9.98. The zero-order valence-corrected chi connectivity index (χ0v) is 28.6. The molecule has 3 aromatic rings. The van der Waals surface area contributed by atoms with Gasteiger partial charge in [0.05, 0.1) is 18.8 Å². The molecule has 1 fully saturated rings. The summed E-state index contributed by atoms with van der Waals surface area (Å²) in [6.45, 7) is 13.4. The molecule has 16 nitrogen and oxygen atoms in total. The van der Waals surface area contributed by atoms with E-state index in [0.717, 1.165) is 16.9 Å². The molecule has 1 aliphatic heterocycles. The van der Waals surface area contributed by atoms with Gasteiger partial charge in [0.2, 0.25) is 11.5 Å². The van der Waals surface area contributed by atoms with Gasteiger partial charge in [-0.3, -0.25) is 14.9 Å². The van der Waals surface area contributed by atoms with Gasteiger partial charge >= 0.3 is 12.1 Å². The molecule has 0 aliphatic carbocycles. The number of anilines is 1. The summed E-state index contributed by atoms with van der Waals surface area (Å²) in [5.74, 6) is -1.94. The monoisotopic (exact) mass is 670 g/mol. The molecule has 3 amide bonds. The molecule has 0 spiro atoms. The molecule has 252 valence electrons. The largest absolute Gasteiger partial charge is 0.457 e. The highest BCUT2D eigenvalue weighted by Gasteiger charge is 2.42. The van der Waals surface area contributed by atoms with Gasteiger partial charge in [0.15, 0.2) is 23.2 Å². The first-order valence-corrected chi connectivity index (χ1v) is 15.6. The highest BCUT2D eigenvalue weighted by molar-refractivity contribution is 7.14. The van der Waals surface area contributed by atoms with Gasteiger partial charge in [0.25, 0.3) is 5.91 Å². The zero-order valence-electron chi connectivity index (χ0n) is 27.8. The maximum atomic E-state index is 13.6. The fourth-order valence-corrected chi connectivity index (χ4v) is 4.68. The van der Waals surface area contributed by atoms with Crippen molar-refractivity contribution in [2.24, 2.45) is 12.2 Å². The van der Waals surface area contributed by atoms with Crippen LogP contribution >= 0.6 is 11.3 Å². The molecule has 4 heterocycles. The van der Waals surface area contributed by atoms with Gasteiger partial charge in [0, 0.05) is 23.1 Å². The summed E-state index contributed by atoms with van der Waals surface area (Å²) in [5, 5.41) is 21.9. The fraction of sp³-hybridized carbons (Fsp3) is 0.500. The molecule has 1 saturated heterocycles. The van der Waals surface area contributed by atoms with E-state index in [1.54, 1.807) is 52.4 Å². The lowest BCUT2D eigenvalue weighted by Crippen LogP contribution is -2.70. The third kappa shape index (κ3) is 9.54. The average Bonchev–Trinajstić information content (AvgIpc) is 3.60. The number of oxime groups is 1. The van der Waals surface area contributed by atoms with E-state index in [-0.39, 0.29) is 23.1 Å². The summed E-state index contributed by atoms with van der Waals surface area (Å²) in [6.07, 6.45) is 4.78. The Bertz CT molecular complexity index is 1670. The Labute approximate surface area is 275 Å². The number of hydrogen-bond acceptors (Lipinski definition) is 12. The number of nitrogens with one attached hydrogen (secondary N) is 3. The molecule has 3 aromatic heterocycles. The molecular formula is C30H40N9O7S+. The van der Waals surface area contributed by atoms with E-state index in [0.29, 0.717) is 5.69 Å². The van der Waals surface area contributed by atoms with Crippen LogP contribution in [0.25, 0.3) is 11.3 Å². The maximum Gasteiger partial charge on any atom is 0.413 e. The van der Waals surface area contributed by atoms with Gasteiger partial charge in [-0.15, -0.1) is 16.4 Å². The average molecular weight is 671 g/mol. The minimum Gasteiger partial charge on any atom is -0.457 e. The van der Waals surface area contributed by atoms with Crippen molar-refractivity contribution in [3.8, 4) is 11.3 Å². The lowest BCUT2D eigenvalue weighted by molar-refractivity contribution is -0.671. The fourth-order valence-electron chi connectivity index (χ4n) is 4.00. The number of aromatic nitrogens is 5. The number of ether oxygens (including phenoxy) is 2.